The van der Waals surface area contributed by atoms with Gasteiger partial charge in [0.15, 0.2) is 0 Å². The van der Waals surface area contributed by atoms with E-state index in [0.29, 0.717) is 0 Å². The quantitative estimate of drug-likeness (QED) is 0.838. The predicted molar refractivity (Wildman–Crippen MR) is 108 cm³/mol. The van der Waals surface area contributed by atoms with Gasteiger partial charge in [-0.2, -0.15) is 0 Å². The van der Waals surface area contributed by atoms with Gasteiger partial charge in [-0.3, -0.25) is 4.79 Å². The summed E-state index contributed by atoms with van der Waals surface area (Å²) in [4.78, 5) is 22.6. The molecule has 140 valence electrons. The molecule has 3 rings (SSSR count). The number of aromatic nitrogens is 1. The van der Waals surface area contributed by atoms with E-state index in [1.54, 1.807) is 17.5 Å². The molecule has 1 fully saturated rings. The first kappa shape index (κ1) is 18.9. The number of hydrogen-bond donors (Lipinski definition) is 1. The Balaban J connectivity index is 1.68. The fraction of sp³-hybridized carbons (Fsp3) is 0.500. The summed E-state index contributed by atoms with van der Waals surface area (Å²) in [6.07, 6.45) is 5.15. The van der Waals surface area contributed by atoms with Gasteiger partial charge in [0, 0.05) is 36.3 Å². The third kappa shape index (κ3) is 4.43. The van der Waals surface area contributed by atoms with Gasteiger partial charge in [0.2, 0.25) is 0 Å². The van der Waals surface area contributed by atoms with Gasteiger partial charge in [0.1, 0.15) is 5.82 Å². The van der Waals surface area contributed by atoms with Gasteiger partial charge in [-0.25, -0.2) is 4.98 Å². The fourth-order valence-corrected chi connectivity index (χ4v) is 4.50. The van der Waals surface area contributed by atoms with E-state index >= 15 is 0 Å². The predicted octanol–water partition coefficient (Wildman–Crippen LogP) is 3.79. The lowest BCUT2D eigenvalue weighted by atomic mass is 10.1. The van der Waals surface area contributed by atoms with Crippen molar-refractivity contribution < 1.29 is 4.79 Å². The molecule has 0 radical (unpaired) electrons. The van der Waals surface area contributed by atoms with Crippen molar-refractivity contribution in [2.75, 3.05) is 39.0 Å². The van der Waals surface area contributed by atoms with Crippen LogP contribution in [0.3, 0.4) is 0 Å². The van der Waals surface area contributed by atoms with Crippen LogP contribution in [0.25, 0.3) is 0 Å². The van der Waals surface area contributed by atoms with E-state index in [0.717, 1.165) is 43.9 Å². The fourth-order valence-electron chi connectivity index (χ4n) is 3.38. The van der Waals surface area contributed by atoms with Gasteiger partial charge in [-0.1, -0.05) is 0 Å². The Morgan fingerprint density at radius 1 is 1.31 bits per heavy atom. The minimum Gasteiger partial charge on any atom is -0.368 e. The van der Waals surface area contributed by atoms with Crippen LogP contribution in [0.2, 0.25) is 0 Å². The van der Waals surface area contributed by atoms with Gasteiger partial charge < -0.3 is 15.1 Å². The Kier molecular flexibility index (Phi) is 6.27. The molecule has 1 saturated heterocycles. The van der Waals surface area contributed by atoms with Crippen LogP contribution >= 0.6 is 11.3 Å². The first-order chi connectivity index (χ1) is 12.6. The van der Waals surface area contributed by atoms with Crippen LogP contribution in [0.15, 0.2) is 29.8 Å². The second-order valence-electron chi connectivity index (χ2n) is 7.11. The molecule has 0 bridgehead atoms. The third-order valence-electron chi connectivity index (χ3n) is 4.95. The molecule has 5 nitrogen and oxygen atoms in total. The van der Waals surface area contributed by atoms with Crippen molar-refractivity contribution in [3.8, 4) is 0 Å². The van der Waals surface area contributed by atoms with E-state index in [2.05, 4.69) is 47.7 Å². The van der Waals surface area contributed by atoms with Crippen molar-refractivity contribution in [3.05, 3.63) is 45.8 Å². The van der Waals surface area contributed by atoms with E-state index in [1.165, 1.54) is 16.9 Å². The van der Waals surface area contributed by atoms with Crippen LogP contribution in [0.5, 0.6) is 0 Å². The molecular formula is C20H28N4OS. The summed E-state index contributed by atoms with van der Waals surface area (Å²) in [5.74, 6) is 0.877. The number of aryl methyl sites for hydroxylation is 1. The molecule has 1 amide bonds. The standard InChI is InChI=1S/C20H28N4OS/c1-15-8-12-26-19(15)17(23(2)3)14-22-18-13-16(7-9-21-18)20(25)24-10-5-4-6-11-24/h7-9,12-13,17H,4-6,10-11,14H2,1-3H3,(H,21,22). The number of anilines is 1. The number of rotatable bonds is 6. The monoisotopic (exact) mass is 372 g/mol. The lowest BCUT2D eigenvalue weighted by Gasteiger charge is -2.27. The van der Waals surface area contributed by atoms with E-state index in [4.69, 9.17) is 0 Å². The summed E-state index contributed by atoms with van der Waals surface area (Å²) in [6.45, 7) is 4.63. The minimum absolute atomic E-state index is 0.119. The number of carbonyl (C=O) groups excluding carboxylic acids is 1. The number of hydrogen-bond acceptors (Lipinski definition) is 5. The lowest BCUT2D eigenvalue weighted by molar-refractivity contribution is 0.0724. The molecule has 0 saturated carbocycles. The average Bonchev–Trinajstić information content (AvgIpc) is 3.08. The van der Waals surface area contributed by atoms with Crippen molar-refractivity contribution in [1.29, 1.82) is 0 Å². The zero-order valence-corrected chi connectivity index (χ0v) is 16.7. The zero-order chi connectivity index (χ0) is 18.5. The maximum Gasteiger partial charge on any atom is 0.254 e. The van der Waals surface area contributed by atoms with Crippen LogP contribution < -0.4 is 5.32 Å². The van der Waals surface area contributed by atoms with E-state index in [1.807, 2.05) is 17.0 Å². The summed E-state index contributed by atoms with van der Waals surface area (Å²) >= 11 is 1.79. The molecule has 0 aliphatic carbocycles. The number of pyridine rings is 1. The molecule has 1 aliphatic rings. The van der Waals surface area contributed by atoms with Gasteiger partial charge in [-0.15, -0.1) is 11.3 Å². The number of amides is 1. The normalized spacial score (nSPS) is 15.9. The van der Waals surface area contributed by atoms with Crippen LogP contribution in [-0.4, -0.2) is 54.4 Å². The average molecular weight is 373 g/mol. The second-order valence-corrected chi connectivity index (χ2v) is 8.06. The SMILES string of the molecule is Cc1ccsc1C(CNc1cc(C(=O)N2CCCCC2)ccn1)N(C)C. The Morgan fingerprint density at radius 2 is 2.08 bits per heavy atom. The Bertz CT molecular complexity index is 737. The topological polar surface area (TPSA) is 48.5 Å². The largest absolute Gasteiger partial charge is 0.368 e. The molecular weight excluding hydrogens is 344 g/mol. The van der Waals surface area contributed by atoms with Crippen LogP contribution in [0.1, 0.15) is 46.1 Å². The highest BCUT2D eigenvalue weighted by molar-refractivity contribution is 7.10. The molecule has 0 spiro atoms. The molecule has 2 aromatic heterocycles. The number of nitrogens with zero attached hydrogens (tertiary/aromatic N) is 3. The highest BCUT2D eigenvalue weighted by atomic mass is 32.1. The number of likely N-dealkylation sites (tertiary alicyclic amines) is 1. The maximum absolute atomic E-state index is 12.7. The van der Waals surface area contributed by atoms with Crippen molar-refractivity contribution in [2.24, 2.45) is 0 Å². The zero-order valence-electron chi connectivity index (χ0n) is 15.9. The van der Waals surface area contributed by atoms with Crippen LogP contribution in [-0.2, 0) is 0 Å². The molecule has 26 heavy (non-hydrogen) atoms. The van der Waals surface area contributed by atoms with Crippen LogP contribution in [0, 0.1) is 6.92 Å². The van der Waals surface area contributed by atoms with E-state index in [9.17, 15) is 4.79 Å². The number of nitrogens with one attached hydrogen (secondary N) is 1. The number of carbonyl (C=O) groups is 1. The number of piperidine rings is 1. The summed E-state index contributed by atoms with van der Waals surface area (Å²) < 4.78 is 0. The molecule has 3 heterocycles. The summed E-state index contributed by atoms with van der Waals surface area (Å²) in [5.41, 5.74) is 2.04. The van der Waals surface area contributed by atoms with Crippen molar-refractivity contribution in [3.63, 3.8) is 0 Å². The minimum atomic E-state index is 0.119. The van der Waals surface area contributed by atoms with Gasteiger partial charge in [0.05, 0.1) is 6.04 Å². The highest BCUT2D eigenvalue weighted by Crippen LogP contribution is 2.27. The van der Waals surface area contributed by atoms with Gasteiger partial charge in [-0.05, 0) is 69.4 Å². The summed E-state index contributed by atoms with van der Waals surface area (Å²) in [6, 6.07) is 6.13. The van der Waals surface area contributed by atoms with E-state index < -0.39 is 0 Å². The lowest BCUT2D eigenvalue weighted by Crippen LogP contribution is -2.35. The molecule has 1 atom stereocenters. The van der Waals surface area contributed by atoms with Crippen molar-refractivity contribution in [1.82, 2.24) is 14.8 Å². The second kappa shape index (κ2) is 8.64. The Morgan fingerprint density at radius 3 is 2.73 bits per heavy atom. The molecule has 1 unspecified atom stereocenters. The number of thiophene rings is 1. The molecule has 1 aliphatic heterocycles. The Hall–Kier alpha value is -1.92. The molecule has 2 aromatic rings. The van der Waals surface area contributed by atoms with Crippen molar-refractivity contribution >= 4 is 23.1 Å². The van der Waals surface area contributed by atoms with E-state index in [-0.39, 0.29) is 11.9 Å². The Labute approximate surface area is 160 Å². The summed E-state index contributed by atoms with van der Waals surface area (Å²) in [7, 11) is 4.18. The van der Waals surface area contributed by atoms with Gasteiger partial charge in [0.25, 0.3) is 5.91 Å². The maximum atomic E-state index is 12.7. The first-order valence-corrected chi connectivity index (χ1v) is 10.1. The van der Waals surface area contributed by atoms with Gasteiger partial charge >= 0.3 is 0 Å². The first-order valence-electron chi connectivity index (χ1n) is 9.26. The highest BCUT2D eigenvalue weighted by Gasteiger charge is 2.20. The number of likely N-dealkylation sites (N-methyl/N-ethyl adjacent to an activating group) is 1. The molecule has 0 aromatic carbocycles. The summed E-state index contributed by atoms with van der Waals surface area (Å²) in [5, 5.41) is 5.56. The molecule has 1 N–H and O–H groups in total. The van der Waals surface area contributed by atoms with Crippen molar-refractivity contribution in [2.45, 2.75) is 32.2 Å². The molecule has 6 heteroatoms. The third-order valence-corrected chi connectivity index (χ3v) is 6.07. The van der Waals surface area contributed by atoms with Crippen LogP contribution in [0.4, 0.5) is 5.82 Å². The smallest absolute Gasteiger partial charge is 0.254 e.